The van der Waals surface area contributed by atoms with Gasteiger partial charge in [0.25, 0.3) is 0 Å². The molecule has 2 rings (SSSR count). The van der Waals surface area contributed by atoms with E-state index in [0.717, 1.165) is 12.0 Å². The summed E-state index contributed by atoms with van der Waals surface area (Å²) in [6, 6.07) is 12.3. The van der Waals surface area contributed by atoms with Crippen LogP contribution in [0.15, 0.2) is 48.5 Å². The van der Waals surface area contributed by atoms with Gasteiger partial charge in [-0.2, -0.15) is 0 Å². The summed E-state index contributed by atoms with van der Waals surface area (Å²) in [7, 11) is 0. The van der Waals surface area contributed by atoms with Gasteiger partial charge in [0.15, 0.2) is 0 Å². The number of carbonyl (C=O) groups excluding carboxylic acids is 3. The van der Waals surface area contributed by atoms with E-state index in [1.807, 2.05) is 51.1 Å². The Morgan fingerprint density at radius 1 is 0.976 bits per heavy atom. The Kier molecular flexibility index (Phi) is 12.9. The number of alkyl carbamates (subject to hydrolysis) is 1. The summed E-state index contributed by atoms with van der Waals surface area (Å²) in [4.78, 5) is 43.2. The van der Waals surface area contributed by atoms with Crippen LogP contribution in [0, 0.1) is 18.8 Å². The molecular weight excluding hydrogens is 530 g/mol. The number of aryl methyl sites for hydroxylation is 1. The zero-order valence-corrected chi connectivity index (χ0v) is 26.9. The molecule has 0 heterocycles. The predicted molar refractivity (Wildman–Crippen MR) is 167 cm³/mol. The Bertz CT molecular complexity index is 1180. The number of aromatic hydroxyl groups is 1. The highest BCUT2D eigenvalue weighted by Gasteiger charge is 2.40. The van der Waals surface area contributed by atoms with E-state index in [2.05, 4.69) is 24.5 Å². The number of benzene rings is 2. The van der Waals surface area contributed by atoms with Crippen molar-refractivity contribution >= 4 is 17.9 Å². The zero-order valence-electron chi connectivity index (χ0n) is 26.9. The largest absolute Gasteiger partial charge is 0.508 e. The van der Waals surface area contributed by atoms with Gasteiger partial charge in [-0.1, -0.05) is 70.5 Å². The van der Waals surface area contributed by atoms with Gasteiger partial charge < -0.3 is 25.4 Å². The standard InChI is InChI=1S/C34H51N3O5/c1-10-23(4)29(36-33(41)42-34(7,8)9)32(40)37(25(6)17-16-22(2)3)30(27-18-19-28(38)24(5)20-27)31(39)35-21-26-14-12-11-13-15-26/h11-15,18-20,22-23,25,29-30,38H,10,16-17,21H2,1-9H3,(H,35,39)(H,36,41). The molecular formula is C34H51N3O5. The third-order valence-corrected chi connectivity index (χ3v) is 7.42. The van der Waals surface area contributed by atoms with Crippen LogP contribution in [0.1, 0.15) is 97.4 Å². The lowest BCUT2D eigenvalue weighted by Crippen LogP contribution is -2.57. The molecule has 0 saturated heterocycles. The number of nitrogens with zero attached hydrogens (tertiary/aromatic N) is 1. The molecule has 0 aromatic heterocycles. The van der Waals surface area contributed by atoms with E-state index >= 15 is 0 Å². The molecule has 0 spiro atoms. The molecule has 232 valence electrons. The van der Waals surface area contributed by atoms with Gasteiger partial charge in [0, 0.05) is 12.6 Å². The first-order valence-electron chi connectivity index (χ1n) is 15.1. The van der Waals surface area contributed by atoms with Gasteiger partial charge in [-0.3, -0.25) is 9.59 Å². The van der Waals surface area contributed by atoms with Gasteiger partial charge in [0.2, 0.25) is 11.8 Å². The van der Waals surface area contributed by atoms with Crippen LogP contribution >= 0.6 is 0 Å². The number of rotatable bonds is 13. The van der Waals surface area contributed by atoms with Crippen molar-refractivity contribution in [2.45, 2.75) is 112 Å². The number of carbonyl (C=O) groups is 3. The first kappa shape index (κ1) is 34.7. The fraction of sp³-hybridized carbons (Fsp3) is 0.559. The third kappa shape index (κ3) is 10.4. The quantitative estimate of drug-likeness (QED) is 0.245. The summed E-state index contributed by atoms with van der Waals surface area (Å²) in [5, 5.41) is 16.1. The van der Waals surface area contributed by atoms with Crippen LogP contribution in [-0.4, -0.2) is 45.6 Å². The van der Waals surface area contributed by atoms with Crippen molar-refractivity contribution in [2.24, 2.45) is 11.8 Å². The van der Waals surface area contributed by atoms with Crippen molar-refractivity contribution in [1.82, 2.24) is 15.5 Å². The Hall–Kier alpha value is -3.55. The van der Waals surface area contributed by atoms with Crippen LogP contribution in [0.2, 0.25) is 0 Å². The Balaban J connectivity index is 2.62. The highest BCUT2D eigenvalue weighted by molar-refractivity contribution is 5.92. The van der Waals surface area contributed by atoms with Crippen LogP contribution in [-0.2, 0) is 20.9 Å². The molecule has 2 aromatic carbocycles. The Labute approximate surface area is 252 Å². The molecule has 4 unspecified atom stereocenters. The first-order chi connectivity index (χ1) is 19.6. The SMILES string of the molecule is CCC(C)C(NC(=O)OC(C)(C)C)C(=O)N(C(C)CCC(C)C)C(C(=O)NCc1ccccc1)c1ccc(O)c(C)c1. The highest BCUT2D eigenvalue weighted by atomic mass is 16.6. The van der Waals surface area contributed by atoms with E-state index in [9.17, 15) is 19.5 Å². The Morgan fingerprint density at radius 3 is 2.17 bits per heavy atom. The van der Waals surface area contributed by atoms with E-state index in [4.69, 9.17) is 4.74 Å². The van der Waals surface area contributed by atoms with Crippen LogP contribution < -0.4 is 10.6 Å². The lowest BCUT2D eigenvalue weighted by atomic mass is 9.92. The third-order valence-electron chi connectivity index (χ3n) is 7.42. The van der Waals surface area contributed by atoms with Crippen molar-refractivity contribution in [3.05, 3.63) is 65.2 Å². The van der Waals surface area contributed by atoms with Crippen molar-refractivity contribution in [3.63, 3.8) is 0 Å². The van der Waals surface area contributed by atoms with Crippen molar-refractivity contribution in [3.8, 4) is 5.75 Å². The van der Waals surface area contributed by atoms with Crippen molar-refractivity contribution in [1.29, 1.82) is 0 Å². The van der Waals surface area contributed by atoms with Crippen molar-refractivity contribution in [2.75, 3.05) is 0 Å². The van der Waals surface area contributed by atoms with E-state index in [1.165, 1.54) is 0 Å². The lowest BCUT2D eigenvalue weighted by molar-refractivity contribution is -0.146. The molecule has 0 aliphatic heterocycles. The summed E-state index contributed by atoms with van der Waals surface area (Å²) < 4.78 is 5.51. The molecule has 0 fully saturated rings. The molecule has 3 N–H and O–H groups in total. The maximum Gasteiger partial charge on any atom is 0.408 e. The van der Waals surface area contributed by atoms with E-state index in [0.29, 0.717) is 36.4 Å². The second kappa shape index (κ2) is 15.6. The summed E-state index contributed by atoms with van der Waals surface area (Å²) in [5.41, 5.74) is 1.38. The average Bonchev–Trinajstić information content (AvgIpc) is 2.92. The first-order valence-corrected chi connectivity index (χ1v) is 15.1. The normalized spacial score (nSPS) is 14.4. The number of ether oxygens (including phenoxy) is 1. The molecule has 0 saturated carbocycles. The minimum absolute atomic E-state index is 0.108. The van der Waals surface area contributed by atoms with Crippen LogP contribution in [0.25, 0.3) is 0 Å². The van der Waals surface area contributed by atoms with Crippen LogP contribution in [0.5, 0.6) is 5.75 Å². The van der Waals surface area contributed by atoms with Gasteiger partial charge in [-0.25, -0.2) is 4.79 Å². The number of nitrogens with one attached hydrogen (secondary N) is 2. The second-order valence-corrected chi connectivity index (χ2v) is 12.7. The fourth-order valence-electron chi connectivity index (χ4n) is 4.76. The topological polar surface area (TPSA) is 108 Å². The Morgan fingerprint density at radius 2 is 1.62 bits per heavy atom. The van der Waals surface area contributed by atoms with E-state index in [1.54, 1.807) is 50.8 Å². The van der Waals surface area contributed by atoms with Crippen molar-refractivity contribution < 1.29 is 24.2 Å². The molecule has 42 heavy (non-hydrogen) atoms. The molecule has 0 aliphatic rings. The van der Waals surface area contributed by atoms with Gasteiger partial charge in [0.1, 0.15) is 23.4 Å². The molecule has 0 radical (unpaired) electrons. The molecule has 3 amide bonds. The fourth-order valence-corrected chi connectivity index (χ4v) is 4.76. The second-order valence-electron chi connectivity index (χ2n) is 12.7. The van der Waals surface area contributed by atoms with E-state index < -0.39 is 23.8 Å². The minimum atomic E-state index is -0.991. The van der Waals surface area contributed by atoms with Gasteiger partial charge >= 0.3 is 6.09 Å². The lowest BCUT2D eigenvalue weighted by Gasteiger charge is -2.40. The van der Waals surface area contributed by atoms with Crippen LogP contribution in [0.3, 0.4) is 0 Å². The molecule has 0 bridgehead atoms. The molecule has 2 aromatic rings. The van der Waals surface area contributed by atoms with Crippen LogP contribution in [0.4, 0.5) is 4.79 Å². The molecule has 0 aliphatic carbocycles. The average molecular weight is 582 g/mol. The number of hydrogen-bond donors (Lipinski definition) is 3. The maximum atomic E-state index is 14.6. The number of hydrogen-bond acceptors (Lipinski definition) is 5. The predicted octanol–water partition coefficient (Wildman–Crippen LogP) is 6.65. The van der Waals surface area contributed by atoms with Gasteiger partial charge in [-0.15, -0.1) is 0 Å². The summed E-state index contributed by atoms with van der Waals surface area (Å²) >= 11 is 0. The molecule has 4 atom stereocenters. The summed E-state index contributed by atoms with van der Waals surface area (Å²) in [5.74, 6) is -0.404. The number of phenols is 1. The summed E-state index contributed by atoms with van der Waals surface area (Å²) in [6.45, 7) is 17.4. The molecule has 8 nitrogen and oxygen atoms in total. The smallest absolute Gasteiger partial charge is 0.408 e. The number of phenolic OH excluding ortho intramolecular Hbond substituents is 1. The summed E-state index contributed by atoms with van der Waals surface area (Å²) in [6.07, 6.45) is 1.47. The zero-order chi connectivity index (χ0) is 31.6. The van der Waals surface area contributed by atoms with Gasteiger partial charge in [0.05, 0.1) is 0 Å². The van der Waals surface area contributed by atoms with E-state index in [-0.39, 0.29) is 29.5 Å². The highest BCUT2D eigenvalue weighted by Crippen LogP contribution is 2.31. The molecule has 8 heteroatoms. The minimum Gasteiger partial charge on any atom is -0.508 e. The maximum absolute atomic E-state index is 14.6. The monoisotopic (exact) mass is 581 g/mol. The van der Waals surface area contributed by atoms with Gasteiger partial charge in [-0.05, 0) is 88.1 Å². The number of amides is 3.